The van der Waals surface area contributed by atoms with Crippen molar-refractivity contribution in [3.63, 3.8) is 0 Å². The minimum atomic E-state index is -0.294. The lowest BCUT2D eigenvalue weighted by atomic mass is 10.1. The monoisotopic (exact) mass is 421 g/mol. The van der Waals surface area contributed by atoms with Gasteiger partial charge >= 0.3 is 0 Å². The van der Waals surface area contributed by atoms with Crippen molar-refractivity contribution in [2.24, 2.45) is 0 Å². The predicted octanol–water partition coefficient (Wildman–Crippen LogP) is 4.67. The predicted molar refractivity (Wildman–Crippen MR) is 120 cm³/mol. The summed E-state index contributed by atoms with van der Waals surface area (Å²) in [5, 5.41) is 10.3. The zero-order valence-electron chi connectivity index (χ0n) is 16.6. The van der Waals surface area contributed by atoms with E-state index >= 15 is 0 Å². The molecule has 3 N–H and O–H groups in total. The van der Waals surface area contributed by atoms with Crippen molar-refractivity contribution in [3.8, 4) is 0 Å². The minimum absolute atomic E-state index is 0.0332. The van der Waals surface area contributed by atoms with Crippen molar-refractivity contribution < 1.29 is 14.4 Å². The number of thiophene rings is 1. The van der Waals surface area contributed by atoms with Gasteiger partial charge in [0.25, 0.3) is 11.8 Å². The van der Waals surface area contributed by atoms with E-state index in [9.17, 15) is 14.4 Å². The van der Waals surface area contributed by atoms with Crippen LogP contribution in [-0.4, -0.2) is 17.7 Å². The molecule has 0 aliphatic carbocycles. The molecule has 7 heteroatoms. The highest BCUT2D eigenvalue weighted by atomic mass is 32.1. The molecule has 0 unspecified atom stereocenters. The fraction of sp³-hybridized carbons (Fsp3) is 0.174. The number of hydrogen-bond donors (Lipinski definition) is 3. The Hall–Kier alpha value is -3.45. The number of carbonyl (C=O) groups is 3. The molecule has 0 saturated carbocycles. The number of nitrogens with one attached hydrogen (secondary N) is 3. The van der Waals surface area contributed by atoms with Gasteiger partial charge in [0.1, 0.15) is 0 Å². The Morgan fingerprint density at radius 2 is 1.73 bits per heavy atom. The van der Waals surface area contributed by atoms with Crippen LogP contribution in [-0.2, 0) is 11.3 Å². The molecule has 0 saturated heterocycles. The fourth-order valence-electron chi connectivity index (χ4n) is 2.87. The normalized spacial score (nSPS) is 10.3. The number of carbonyl (C=O) groups excluding carboxylic acids is 3. The molecule has 0 bridgehead atoms. The Balaban J connectivity index is 1.64. The van der Waals surface area contributed by atoms with Gasteiger partial charge in [-0.2, -0.15) is 0 Å². The maximum atomic E-state index is 12.7. The van der Waals surface area contributed by atoms with Gasteiger partial charge in [0.05, 0.1) is 16.1 Å². The van der Waals surface area contributed by atoms with E-state index in [0.717, 1.165) is 12.0 Å². The lowest BCUT2D eigenvalue weighted by Gasteiger charge is -2.12. The Morgan fingerprint density at radius 1 is 0.900 bits per heavy atom. The third-order valence-corrected chi connectivity index (χ3v) is 5.17. The van der Waals surface area contributed by atoms with Crippen molar-refractivity contribution in [3.05, 3.63) is 82.0 Å². The average molecular weight is 422 g/mol. The second kappa shape index (κ2) is 10.4. The molecule has 0 aliphatic rings. The van der Waals surface area contributed by atoms with Crippen molar-refractivity contribution >= 4 is 40.4 Å². The van der Waals surface area contributed by atoms with E-state index in [-0.39, 0.29) is 17.7 Å². The Morgan fingerprint density at radius 3 is 2.50 bits per heavy atom. The summed E-state index contributed by atoms with van der Waals surface area (Å²) in [7, 11) is 0. The zero-order chi connectivity index (χ0) is 21.3. The van der Waals surface area contributed by atoms with E-state index in [1.165, 1.54) is 11.3 Å². The van der Waals surface area contributed by atoms with Crippen LogP contribution in [0.25, 0.3) is 0 Å². The van der Waals surface area contributed by atoms with Crippen molar-refractivity contribution in [1.82, 2.24) is 5.32 Å². The first kappa shape index (κ1) is 21.3. The standard InChI is InChI=1S/C23H23N3O3S/c1-2-7-21(27)25-17-9-5-8-16(14-17)15-24-22(28)18-10-3-4-11-19(18)26-23(29)20-12-6-13-30-20/h3-6,8-14H,2,7,15H2,1H3,(H,24,28)(H,25,27)(H,26,29). The molecule has 1 aromatic heterocycles. The van der Waals surface area contributed by atoms with Gasteiger partial charge in [-0.05, 0) is 47.7 Å². The van der Waals surface area contributed by atoms with Gasteiger partial charge in [-0.25, -0.2) is 0 Å². The van der Waals surface area contributed by atoms with E-state index in [2.05, 4.69) is 16.0 Å². The van der Waals surface area contributed by atoms with Gasteiger partial charge in [-0.15, -0.1) is 11.3 Å². The summed E-state index contributed by atoms with van der Waals surface area (Å²) in [4.78, 5) is 37.4. The van der Waals surface area contributed by atoms with Crippen LogP contribution in [0.5, 0.6) is 0 Å². The number of anilines is 2. The summed E-state index contributed by atoms with van der Waals surface area (Å²) in [5.41, 5.74) is 2.39. The molecule has 0 atom stereocenters. The number of para-hydroxylation sites is 1. The van der Waals surface area contributed by atoms with Crippen molar-refractivity contribution in [1.29, 1.82) is 0 Å². The molecular formula is C23H23N3O3S. The molecule has 30 heavy (non-hydrogen) atoms. The molecular weight excluding hydrogens is 398 g/mol. The van der Waals surface area contributed by atoms with Crippen LogP contribution in [0, 0.1) is 0 Å². The molecule has 154 valence electrons. The summed E-state index contributed by atoms with van der Waals surface area (Å²) in [6.07, 6.45) is 1.25. The molecule has 3 aromatic rings. The highest BCUT2D eigenvalue weighted by molar-refractivity contribution is 7.12. The van der Waals surface area contributed by atoms with Crippen LogP contribution < -0.4 is 16.0 Å². The van der Waals surface area contributed by atoms with E-state index < -0.39 is 0 Å². The Kier molecular flexibility index (Phi) is 7.34. The lowest BCUT2D eigenvalue weighted by molar-refractivity contribution is -0.116. The molecule has 6 nitrogen and oxygen atoms in total. The molecule has 1 heterocycles. The Bertz CT molecular complexity index is 1030. The SMILES string of the molecule is CCCC(=O)Nc1cccc(CNC(=O)c2ccccc2NC(=O)c2cccs2)c1. The first-order chi connectivity index (χ1) is 14.6. The quantitative estimate of drug-likeness (QED) is 0.494. The lowest BCUT2D eigenvalue weighted by Crippen LogP contribution is -2.24. The first-order valence-electron chi connectivity index (χ1n) is 9.67. The fourth-order valence-corrected chi connectivity index (χ4v) is 3.49. The summed E-state index contributed by atoms with van der Waals surface area (Å²) in [5.74, 6) is -0.577. The summed E-state index contributed by atoms with van der Waals surface area (Å²) in [6.45, 7) is 2.25. The van der Waals surface area contributed by atoms with Crippen LogP contribution in [0.1, 0.15) is 45.4 Å². The molecule has 3 rings (SSSR count). The highest BCUT2D eigenvalue weighted by Gasteiger charge is 2.14. The minimum Gasteiger partial charge on any atom is -0.348 e. The van der Waals surface area contributed by atoms with Crippen molar-refractivity contribution in [2.45, 2.75) is 26.3 Å². The van der Waals surface area contributed by atoms with E-state index in [4.69, 9.17) is 0 Å². The summed E-state index contributed by atoms with van der Waals surface area (Å²) >= 11 is 1.34. The maximum absolute atomic E-state index is 12.7. The molecule has 0 fully saturated rings. The topological polar surface area (TPSA) is 87.3 Å². The van der Waals surface area contributed by atoms with Gasteiger partial charge in [0.15, 0.2) is 0 Å². The molecule has 0 aliphatic heterocycles. The second-order valence-corrected chi connectivity index (χ2v) is 7.61. The van der Waals surface area contributed by atoms with Gasteiger partial charge in [0.2, 0.25) is 5.91 Å². The number of rotatable bonds is 8. The van der Waals surface area contributed by atoms with Crippen LogP contribution in [0.4, 0.5) is 11.4 Å². The van der Waals surface area contributed by atoms with E-state index in [0.29, 0.717) is 34.8 Å². The third-order valence-electron chi connectivity index (χ3n) is 4.31. The van der Waals surface area contributed by atoms with Gasteiger partial charge in [-0.3, -0.25) is 14.4 Å². The van der Waals surface area contributed by atoms with Gasteiger partial charge in [-0.1, -0.05) is 37.3 Å². The van der Waals surface area contributed by atoms with Crippen LogP contribution in [0.3, 0.4) is 0 Å². The highest BCUT2D eigenvalue weighted by Crippen LogP contribution is 2.18. The van der Waals surface area contributed by atoms with Gasteiger partial charge in [0, 0.05) is 18.7 Å². The molecule has 0 spiro atoms. The van der Waals surface area contributed by atoms with Crippen molar-refractivity contribution in [2.75, 3.05) is 10.6 Å². The average Bonchev–Trinajstić information content (AvgIpc) is 3.28. The molecule has 0 radical (unpaired) electrons. The van der Waals surface area contributed by atoms with Crippen LogP contribution >= 0.6 is 11.3 Å². The third kappa shape index (κ3) is 5.78. The van der Waals surface area contributed by atoms with Crippen LogP contribution in [0.15, 0.2) is 66.0 Å². The second-order valence-electron chi connectivity index (χ2n) is 6.66. The molecule has 3 amide bonds. The van der Waals surface area contributed by atoms with Gasteiger partial charge < -0.3 is 16.0 Å². The first-order valence-corrected chi connectivity index (χ1v) is 10.6. The number of hydrogen-bond acceptors (Lipinski definition) is 4. The van der Waals surface area contributed by atoms with E-state index in [1.54, 1.807) is 36.4 Å². The smallest absolute Gasteiger partial charge is 0.265 e. The largest absolute Gasteiger partial charge is 0.348 e. The maximum Gasteiger partial charge on any atom is 0.265 e. The molecule has 2 aromatic carbocycles. The number of amides is 3. The van der Waals surface area contributed by atoms with E-state index in [1.807, 2.05) is 36.6 Å². The summed E-state index contributed by atoms with van der Waals surface area (Å²) in [6, 6.07) is 17.8. The summed E-state index contributed by atoms with van der Waals surface area (Å²) < 4.78 is 0. The Labute approximate surface area is 179 Å². The van der Waals surface area contributed by atoms with Crippen LogP contribution in [0.2, 0.25) is 0 Å². The zero-order valence-corrected chi connectivity index (χ0v) is 17.4. The number of benzene rings is 2.